The highest BCUT2D eigenvalue weighted by Crippen LogP contribution is 2.15. The van der Waals surface area contributed by atoms with Crippen molar-refractivity contribution in [1.82, 2.24) is 0 Å². The maximum absolute atomic E-state index is 12.9. The van der Waals surface area contributed by atoms with Gasteiger partial charge in [-0.1, -0.05) is 283 Å². The molecule has 442 valence electrons. The second-order valence-electron chi connectivity index (χ2n) is 20.9. The van der Waals surface area contributed by atoms with Gasteiger partial charge in [0.15, 0.2) is 6.10 Å². The SMILES string of the molecule is CC/C=C\C/C=C\C/C=C\C/C=C\C/C=C\C/C=C\C/C=C\C/C=C\CCCCCCCCCCC(=O)OCC(COC(=O)CCCCCCCCCCCCCC)OC(=O)CCCCCCC/C=C\C/C=C\C/C=C\CC. The zero-order valence-electron chi connectivity index (χ0n) is 50.6. The summed E-state index contributed by atoms with van der Waals surface area (Å²) in [6.45, 7) is 6.40. The summed E-state index contributed by atoms with van der Waals surface area (Å²) in [5, 5.41) is 0. The van der Waals surface area contributed by atoms with Gasteiger partial charge in [0.1, 0.15) is 13.2 Å². The highest BCUT2D eigenvalue weighted by molar-refractivity contribution is 5.71. The van der Waals surface area contributed by atoms with Crippen molar-refractivity contribution in [2.75, 3.05) is 13.2 Å². The minimum atomic E-state index is -0.793. The van der Waals surface area contributed by atoms with Gasteiger partial charge in [0.05, 0.1) is 0 Å². The van der Waals surface area contributed by atoms with Crippen LogP contribution in [0.2, 0.25) is 0 Å². The van der Waals surface area contributed by atoms with Gasteiger partial charge in [-0.15, -0.1) is 0 Å². The summed E-state index contributed by atoms with van der Waals surface area (Å²) in [5.74, 6) is -0.912. The Morgan fingerprint density at radius 1 is 0.269 bits per heavy atom. The fourth-order valence-corrected chi connectivity index (χ4v) is 8.65. The van der Waals surface area contributed by atoms with E-state index in [4.69, 9.17) is 14.2 Å². The van der Waals surface area contributed by atoms with E-state index in [1.165, 1.54) is 89.9 Å². The van der Waals surface area contributed by atoms with Gasteiger partial charge < -0.3 is 14.2 Å². The van der Waals surface area contributed by atoms with Gasteiger partial charge in [0.25, 0.3) is 0 Å². The predicted octanol–water partition coefficient (Wildman–Crippen LogP) is 22.2. The number of hydrogen-bond acceptors (Lipinski definition) is 6. The molecule has 0 heterocycles. The van der Waals surface area contributed by atoms with Crippen molar-refractivity contribution in [3.8, 4) is 0 Å². The Labute approximate surface area is 481 Å². The molecule has 0 aromatic rings. The first-order valence-corrected chi connectivity index (χ1v) is 32.2. The van der Waals surface area contributed by atoms with Crippen LogP contribution in [0.3, 0.4) is 0 Å². The molecular weight excluding hydrogens is 961 g/mol. The van der Waals surface area contributed by atoms with E-state index >= 15 is 0 Å². The summed E-state index contributed by atoms with van der Waals surface area (Å²) in [5.41, 5.74) is 0. The van der Waals surface area contributed by atoms with Crippen molar-refractivity contribution in [3.05, 3.63) is 134 Å². The molecule has 0 bridgehead atoms. The Morgan fingerprint density at radius 3 is 0.782 bits per heavy atom. The van der Waals surface area contributed by atoms with Crippen LogP contribution in [-0.4, -0.2) is 37.2 Å². The van der Waals surface area contributed by atoms with Crippen LogP contribution < -0.4 is 0 Å². The van der Waals surface area contributed by atoms with E-state index in [1.54, 1.807) is 0 Å². The molecule has 78 heavy (non-hydrogen) atoms. The monoisotopic (exact) mass is 1080 g/mol. The lowest BCUT2D eigenvalue weighted by atomic mass is 10.0. The minimum Gasteiger partial charge on any atom is -0.462 e. The molecule has 0 aromatic heterocycles. The third-order valence-corrected chi connectivity index (χ3v) is 13.4. The molecular formula is C72H118O6. The van der Waals surface area contributed by atoms with Crippen LogP contribution in [0.25, 0.3) is 0 Å². The molecule has 0 aliphatic carbocycles. The smallest absolute Gasteiger partial charge is 0.306 e. The van der Waals surface area contributed by atoms with Crippen LogP contribution in [0, 0.1) is 0 Å². The van der Waals surface area contributed by atoms with E-state index in [0.717, 1.165) is 154 Å². The minimum absolute atomic E-state index is 0.0880. The number of carbonyl (C=O) groups is 3. The van der Waals surface area contributed by atoms with Gasteiger partial charge >= 0.3 is 17.9 Å². The molecule has 6 heteroatoms. The second-order valence-corrected chi connectivity index (χ2v) is 20.9. The predicted molar refractivity (Wildman–Crippen MR) is 339 cm³/mol. The fourth-order valence-electron chi connectivity index (χ4n) is 8.65. The van der Waals surface area contributed by atoms with Gasteiger partial charge in [-0.25, -0.2) is 0 Å². The van der Waals surface area contributed by atoms with Crippen molar-refractivity contribution in [2.24, 2.45) is 0 Å². The van der Waals surface area contributed by atoms with Gasteiger partial charge in [0.2, 0.25) is 0 Å². The molecule has 1 unspecified atom stereocenters. The molecule has 0 saturated carbocycles. The van der Waals surface area contributed by atoms with Crippen LogP contribution in [-0.2, 0) is 28.6 Å². The third kappa shape index (κ3) is 62.4. The van der Waals surface area contributed by atoms with Crippen LogP contribution in [0.15, 0.2) is 134 Å². The molecule has 0 rings (SSSR count). The van der Waals surface area contributed by atoms with Gasteiger partial charge in [-0.2, -0.15) is 0 Å². The quantitative estimate of drug-likeness (QED) is 0.0261. The second kappa shape index (κ2) is 65.1. The molecule has 0 aliphatic heterocycles. The number of carbonyl (C=O) groups excluding carboxylic acids is 3. The Bertz CT molecular complexity index is 1670. The van der Waals surface area contributed by atoms with Crippen molar-refractivity contribution >= 4 is 17.9 Å². The van der Waals surface area contributed by atoms with Crippen molar-refractivity contribution in [1.29, 1.82) is 0 Å². The van der Waals surface area contributed by atoms with Crippen LogP contribution >= 0.6 is 0 Å². The summed E-state index contributed by atoms with van der Waals surface area (Å²) in [6, 6.07) is 0. The zero-order chi connectivity index (χ0) is 56.4. The normalized spacial score (nSPS) is 13.0. The van der Waals surface area contributed by atoms with Crippen LogP contribution in [0.4, 0.5) is 0 Å². The Balaban J connectivity index is 4.26. The maximum Gasteiger partial charge on any atom is 0.306 e. The third-order valence-electron chi connectivity index (χ3n) is 13.4. The first-order valence-electron chi connectivity index (χ1n) is 32.2. The molecule has 0 amide bonds. The van der Waals surface area contributed by atoms with E-state index < -0.39 is 6.10 Å². The average Bonchev–Trinajstić information content (AvgIpc) is 3.44. The molecule has 0 aliphatic rings. The number of ether oxygens (including phenoxy) is 3. The number of allylic oxidation sites excluding steroid dienone is 22. The number of unbranched alkanes of at least 4 members (excludes halogenated alkanes) is 24. The van der Waals surface area contributed by atoms with Crippen molar-refractivity contribution in [3.63, 3.8) is 0 Å². The zero-order valence-corrected chi connectivity index (χ0v) is 50.6. The molecule has 0 radical (unpaired) electrons. The van der Waals surface area contributed by atoms with Crippen molar-refractivity contribution < 1.29 is 28.6 Å². The highest BCUT2D eigenvalue weighted by atomic mass is 16.6. The summed E-state index contributed by atoms with van der Waals surface area (Å²) < 4.78 is 16.9. The molecule has 6 nitrogen and oxygen atoms in total. The molecule has 0 aromatic carbocycles. The molecule has 0 saturated heterocycles. The first-order chi connectivity index (χ1) is 38.5. The van der Waals surface area contributed by atoms with Crippen molar-refractivity contribution in [2.45, 2.75) is 290 Å². The Hall–Kier alpha value is -4.45. The highest BCUT2D eigenvalue weighted by Gasteiger charge is 2.19. The lowest BCUT2D eigenvalue weighted by Gasteiger charge is -2.18. The van der Waals surface area contributed by atoms with E-state index in [0.29, 0.717) is 19.3 Å². The standard InChI is InChI=1S/C72H118O6/c1-4-7-10-13-16-19-22-25-27-28-29-30-31-32-33-34-35-36-37-38-39-40-41-42-43-44-46-47-50-53-56-59-62-65-71(74)77-68-69(67-76-70(73)64-61-58-55-52-49-24-21-18-15-12-9-6-3)78-72(75)66-63-60-57-54-51-48-45-26-23-20-17-14-11-8-5-2/h7-8,10-11,16-17,19-20,25-27,29-30,32-33,35-36,38-39,41-42,45,69H,4-6,9,12-15,18,21-24,28,31,34,37,40,43-44,46-68H2,1-3H3/b10-7-,11-8-,19-16-,20-17-,27-25-,30-29-,33-32-,36-35-,39-38-,42-41-,45-26-. The average molecular weight is 1080 g/mol. The van der Waals surface area contributed by atoms with Gasteiger partial charge in [-0.05, 0) is 116 Å². The van der Waals surface area contributed by atoms with Gasteiger partial charge in [-0.3, -0.25) is 14.4 Å². The Kier molecular flexibility index (Phi) is 61.4. The molecule has 1 atom stereocenters. The number of esters is 3. The van der Waals surface area contributed by atoms with E-state index in [-0.39, 0.29) is 31.1 Å². The molecule has 0 N–H and O–H groups in total. The summed E-state index contributed by atoms with van der Waals surface area (Å²) in [4.78, 5) is 38.2. The van der Waals surface area contributed by atoms with E-state index in [9.17, 15) is 14.4 Å². The first kappa shape index (κ1) is 73.5. The summed E-state index contributed by atoms with van der Waals surface area (Å²) in [6.07, 6.45) is 91.7. The lowest BCUT2D eigenvalue weighted by Crippen LogP contribution is -2.30. The molecule has 0 fully saturated rings. The largest absolute Gasteiger partial charge is 0.462 e. The topological polar surface area (TPSA) is 78.9 Å². The van der Waals surface area contributed by atoms with E-state index in [1.807, 2.05) is 0 Å². The van der Waals surface area contributed by atoms with Crippen LogP contribution in [0.1, 0.15) is 284 Å². The van der Waals surface area contributed by atoms with Crippen LogP contribution in [0.5, 0.6) is 0 Å². The Morgan fingerprint density at radius 2 is 0.500 bits per heavy atom. The summed E-state index contributed by atoms with van der Waals surface area (Å²) in [7, 11) is 0. The maximum atomic E-state index is 12.9. The number of hydrogen-bond donors (Lipinski definition) is 0. The number of rotatable bonds is 57. The van der Waals surface area contributed by atoms with E-state index in [2.05, 4.69) is 154 Å². The molecule has 0 spiro atoms. The summed E-state index contributed by atoms with van der Waals surface area (Å²) >= 11 is 0. The van der Waals surface area contributed by atoms with Gasteiger partial charge in [0, 0.05) is 19.3 Å². The lowest BCUT2D eigenvalue weighted by molar-refractivity contribution is -0.167. The fraction of sp³-hybridized carbons (Fsp3) is 0.653.